The summed E-state index contributed by atoms with van der Waals surface area (Å²) in [6.45, 7) is 3.72. The summed E-state index contributed by atoms with van der Waals surface area (Å²) in [6, 6.07) is 6.56. The van der Waals surface area contributed by atoms with Gasteiger partial charge in [0, 0.05) is 30.3 Å². The normalized spacial score (nSPS) is 28.1. The van der Waals surface area contributed by atoms with Crippen LogP contribution in [-0.2, 0) is 6.54 Å². The lowest BCUT2D eigenvalue weighted by Gasteiger charge is -2.27. The molecule has 1 saturated carbocycles. The SMILES string of the molecule is Cc1c(CNC2CCCC2C2CCCN2)cccc1[N+](=O)[O-]. The molecule has 120 valence electrons. The fourth-order valence-electron chi connectivity index (χ4n) is 4.10. The van der Waals surface area contributed by atoms with Gasteiger partial charge in [-0.2, -0.15) is 0 Å². The van der Waals surface area contributed by atoms with Crippen molar-refractivity contribution in [3.63, 3.8) is 0 Å². The Labute approximate surface area is 131 Å². The Bertz CT molecular complexity index is 541. The molecule has 0 amide bonds. The van der Waals surface area contributed by atoms with E-state index >= 15 is 0 Å². The third-order valence-corrected chi connectivity index (χ3v) is 5.35. The number of nitrogens with zero attached hydrogens (tertiary/aromatic N) is 1. The second-order valence-electron chi connectivity index (χ2n) is 6.60. The van der Waals surface area contributed by atoms with E-state index in [9.17, 15) is 10.1 Å². The first kappa shape index (κ1) is 15.4. The zero-order valence-corrected chi connectivity index (χ0v) is 13.2. The minimum absolute atomic E-state index is 0.222. The number of hydrogen-bond acceptors (Lipinski definition) is 4. The van der Waals surface area contributed by atoms with Crippen LogP contribution in [0.1, 0.15) is 43.2 Å². The van der Waals surface area contributed by atoms with Crippen LogP contribution in [0.4, 0.5) is 5.69 Å². The molecule has 1 aliphatic heterocycles. The summed E-state index contributed by atoms with van der Waals surface area (Å²) in [7, 11) is 0. The third-order valence-electron chi connectivity index (χ3n) is 5.35. The maximum absolute atomic E-state index is 11.0. The molecule has 0 radical (unpaired) electrons. The van der Waals surface area contributed by atoms with Gasteiger partial charge in [0.1, 0.15) is 0 Å². The molecule has 1 aliphatic carbocycles. The quantitative estimate of drug-likeness (QED) is 0.648. The van der Waals surface area contributed by atoms with E-state index in [0.717, 1.165) is 24.2 Å². The first-order chi connectivity index (χ1) is 10.7. The van der Waals surface area contributed by atoms with Gasteiger partial charge in [0.15, 0.2) is 0 Å². The van der Waals surface area contributed by atoms with E-state index in [1.54, 1.807) is 12.1 Å². The molecule has 1 aromatic carbocycles. The van der Waals surface area contributed by atoms with Gasteiger partial charge in [-0.25, -0.2) is 0 Å². The summed E-state index contributed by atoms with van der Waals surface area (Å²) in [5.74, 6) is 0.710. The van der Waals surface area contributed by atoms with Gasteiger partial charge in [0.25, 0.3) is 5.69 Å². The molecule has 2 fully saturated rings. The fourth-order valence-corrected chi connectivity index (χ4v) is 4.10. The highest BCUT2D eigenvalue weighted by molar-refractivity contribution is 5.44. The van der Waals surface area contributed by atoms with Gasteiger partial charge in [0.05, 0.1) is 4.92 Å². The molecular weight excluding hydrogens is 278 g/mol. The molecule has 1 saturated heterocycles. The molecule has 1 aromatic rings. The number of nitrogens with one attached hydrogen (secondary N) is 2. The number of nitro groups is 1. The summed E-state index contributed by atoms with van der Waals surface area (Å²) in [6.07, 6.45) is 6.38. The first-order valence-electron chi connectivity index (χ1n) is 8.36. The van der Waals surface area contributed by atoms with Gasteiger partial charge < -0.3 is 10.6 Å². The predicted octanol–water partition coefficient (Wildman–Crippen LogP) is 2.91. The number of nitro benzene ring substituents is 1. The molecule has 0 bridgehead atoms. The Hall–Kier alpha value is -1.46. The highest BCUT2D eigenvalue weighted by Crippen LogP contribution is 2.32. The van der Waals surface area contributed by atoms with Gasteiger partial charge in [-0.05, 0) is 50.6 Å². The molecule has 2 aliphatic rings. The zero-order chi connectivity index (χ0) is 15.5. The van der Waals surface area contributed by atoms with E-state index in [2.05, 4.69) is 10.6 Å². The molecule has 3 rings (SSSR count). The van der Waals surface area contributed by atoms with Crippen molar-refractivity contribution in [1.82, 2.24) is 10.6 Å². The molecule has 1 heterocycles. The van der Waals surface area contributed by atoms with E-state index in [-0.39, 0.29) is 10.6 Å². The molecule has 0 spiro atoms. The molecule has 3 unspecified atom stereocenters. The van der Waals surface area contributed by atoms with Crippen LogP contribution in [0.5, 0.6) is 0 Å². The molecule has 0 aromatic heterocycles. The Balaban J connectivity index is 1.64. The number of benzene rings is 1. The smallest absolute Gasteiger partial charge is 0.272 e. The van der Waals surface area contributed by atoms with Crippen LogP contribution in [0.25, 0.3) is 0 Å². The Morgan fingerprint density at radius 1 is 1.32 bits per heavy atom. The van der Waals surface area contributed by atoms with Gasteiger partial charge in [-0.15, -0.1) is 0 Å². The Kier molecular flexibility index (Phi) is 4.74. The maximum Gasteiger partial charge on any atom is 0.272 e. The van der Waals surface area contributed by atoms with Crippen LogP contribution in [0.15, 0.2) is 18.2 Å². The third kappa shape index (κ3) is 3.15. The van der Waals surface area contributed by atoms with Crippen LogP contribution in [0.3, 0.4) is 0 Å². The summed E-state index contributed by atoms with van der Waals surface area (Å²) in [5.41, 5.74) is 2.05. The van der Waals surface area contributed by atoms with Crippen LogP contribution in [0, 0.1) is 23.0 Å². The fraction of sp³-hybridized carbons (Fsp3) is 0.647. The largest absolute Gasteiger partial charge is 0.314 e. The van der Waals surface area contributed by atoms with Crippen molar-refractivity contribution in [2.24, 2.45) is 5.92 Å². The van der Waals surface area contributed by atoms with Crippen LogP contribution >= 0.6 is 0 Å². The summed E-state index contributed by atoms with van der Waals surface area (Å²) in [5, 5.41) is 18.3. The number of hydrogen-bond donors (Lipinski definition) is 2. The lowest BCUT2D eigenvalue weighted by Crippen LogP contribution is -2.41. The second-order valence-corrected chi connectivity index (χ2v) is 6.60. The summed E-state index contributed by atoms with van der Waals surface area (Å²) >= 11 is 0. The maximum atomic E-state index is 11.0. The van der Waals surface area contributed by atoms with Crippen molar-refractivity contribution in [2.45, 2.75) is 57.7 Å². The average molecular weight is 303 g/mol. The topological polar surface area (TPSA) is 67.2 Å². The average Bonchev–Trinajstić information content (AvgIpc) is 3.16. The highest BCUT2D eigenvalue weighted by Gasteiger charge is 2.34. The Morgan fingerprint density at radius 2 is 2.18 bits per heavy atom. The van der Waals surface area contributed by atoms with Crippen LogP contribution < -0.4 is 10.6 Å². The molecule has 5 heteroatoms. The minimum atomic E-state index is -0.292. The van der Waals surface area contributed by atoms with Gasteiger partial charge in [-0.1, -0.05) is 18.6 Å². The van der Waals surface area contributed by atoms with Crippen molar-refractivity contribution in [3.8, 4) is 0 Å². The lowest BCUT2D eigenvalue weighted by atomic mass is 9.93. The monoisotopic (exact) mass is 303 g/mol. The first-order valence-corrected chi connectivity index (χ1v) is 8.36. The molecule has 22 heavy (non-hydrogen) atoms. The predicted molar refractivity (Wildman–Crippen MR) is 86.8 cm³/mol. The van der Waals surface area contributed by atoms with E-state index in [4.69, 9.17) is 0 Å². The van der Waals surface area contributed by atoms with Crippen molar-refractivity contribution < 1.29 is 4.92 Å². The van der Waals surface area contributed by atoms with E-state index in [1.165, 1.54) is 32.1 Å². The molecule has 2 N–H and O–H groups in total. The van der Waals surface area contributed by atoms with E-state index in [1.807, 2.05) is 13.0 Å². The van der Waals surface area contributed by atoms with Gasteiger partial charge in [-0.3, -0.25) is 10.1 Å². The second kappa shape index (κ2) is 6.75. The van der Waals surface area contributed by atoms with Crippen molar-refractivity contribution in [2.75, 3.05) is 6.54 Å². The van der Waals surface area contributed by atoms with E-state index < -0.39 is 0 Å². The minimum Gasteiger partial charge on any atom is -0.314 e. The zero-order valence-electron chi connectivity index (χ0n) is 13.2. The summed E-state index contributed by atoms with van der Waals surface area (Å²) in [4.78, 5) is 10.7. The molecule has 3 atom stereocenters. The van der Waals surface area contributed by atoms with Crippen LogP contribution in [0.2, 0.25) is 0 Å². The number of rotatable bonds is 5. The van der Waals surface area contributed by atoms with Crippen LogP contribution in [-0.4, -0.2) is 23.6 Å². The highest BCUT2D eigenvalue weighted by atomic mass is 16.6. The standard InChI is InChI=1S/C17H25N3O2/c1-12-13(5-2-9-17(12)20(21)22)11-19-16-7-3-6-14(16)15-8-4-10-18-15/h2,5,9,14-16,18-19H,3-4,6-8,10-11H2,1H3. The van der Waals surface area contributed by atoms with Gasteiger partial charge in [0.2, 0.25) is 0 Å². The van der Waals surface area contributed by atoms with Crippen molar-refractivity contribution in [1.29, 1.82) is 0 Å². The lowest BCUT2D eigenvalue weighted by molar-refractivity contribution is -0.385. The van der Waals surface area contributed by atoms with E-state index in [0.29, 0.717) is 18.0 Å². The van der Waals surface area contributed by atoms with Crippen molar-refractivity contribution in [3.05, 3.63) is 39.4 Å². The van der Waals surface area contributed by atoms with Gasteiger partial charge >= 0.3 is 0 Å². The van der Waals surface area contributed by atoms with Crippen molar-refractivity contribution >= 4 is 5.69 Å². The Morgan fingerprint density at radius 3 is 2.91 bits per heavy atom. The molecular formula is C17H25N3O2. The summed E-state index contributed by atoms with van der Waals surface area (Å²) < 4.78 is 0. The molecule has 5 nitrogen and oxygen atoms in total.